The number of ketones is 1. The van der Waals surface area contributed by atoms with Gasteiger partial charge < -0.3 is 15.3 Å². The van der Waals surface area contributed by atoms with Gasteiger partial charge in [-0.15, -0.1) is 0 Å². The van der Waals surface area contributed by atoms with Crippen molar-refractivity contribution in [3.05, 3.63) is 54.1 Å². The first-order valence-corrected chi connectivity index (χ1v) is 12.4. The number of carbonyl (C=O) groups excluding carboxylic acids is 1. The molecule has 2 aliphatic heterocycles. The van der Waals surface area contributed by atoms with Crippen LogP contribution in [0.25, 0.3) is 0 Å². The lowest BCUT2D eigenvalue weighted by molar-refractivity contribution is -0.130. The Kier molecular flexibility index (Phi) is 6.35. The van der Waals surface area contributed by atoms with Gasteiger partial charge in [0.05, 0.1) is 11.7 Å². The molecule has 5 nitrogen and oxygen atoms in total. The summed E-state index contributed by atoms with van der Waals surface area (Å²) in [4.78, 5) is 18.6. The van der Waals surface area contributed by atoms with Crippen molar-refractivity contribution in [3.8, 4) is 5.75 Å². The molecule has 1 saturated carbocycles. The molecule has 0 aromatic heterocycles. The molecule has 0 radical (unpaired) electrons. The zero-order valence-corrected chi connectivity index (χ0v) is 18.9. The molecular weight excluding hydrogens is 398 g/mol. The van der Waals surface area contributed by atoms with Crippen LogP contribution in [0.3, 0.4) is 0 Å². The molecule has 1 aliphatic carbocycles. The molecular formula is C27H35N3O2. The van der Waals surface area contributed by atoms with E-state index in [1.54, 1.807) is 6.07 Å². The molecule has 2 aromatic rings. The van der Waals surface area contributed by atoms with Crippen LogP contribution in [-0.2, 0) is 11.2 Å². The molecule has 5 heteroatoms. The zero-order valence-electron chi connectivity index (χ0n) is 18.9. The van der Waals surface area contributed by atoms with Crippen LogP contribution in [0.5, 0.6) is 5.75 Å². The van der Waals surface area contributed by atoms with Crippen molar-refractivity contribution >= 4 is 17.2 Å². The van der Waals surface area contributed by atoms with Crippen molar-refractivity contribution in [2.24, 2.45) is 5.92 Å². The summed E-state index contributed by atoms with van der Waals surface area (Å²) in [6, 6.07) is 16.2. The topological polar surface area (TPSA) is 55.8 Å². The number of Topliss-reactive ketones (excluding diaryl/α,β-unsaturated/α-hetero) is 1. The first-order chi connectivity index (χ1) is 15.7. The summed E-state index contributed by atoms with van der Waals surface area (Å²) in [6.07, 6.45) is 7.77. The first-order valence-electron chi connectivity index (χ1n) is 12.4. The normalized spacial score (nSPS) is 23.2. The number of fused-ring (bicyclic) bond motifs is 1. The Morgan fingerprint density at radius 2 is 1.62 bits per heavy atom. The molecule has 32 heavy (non-hydrogen) atoms. The number of hydrogen-bond acceptors (Lipinski definition) is 5. The minimum absolute atomic E-state index is 0.0713. The number of phenolic OH excluding ortho intramolecular Hbond substituents is 1. The number of carbonyl (C=O) groups is 1. The van der Waals surface area contributed by atoms with Crippen molar-refractivity contribution < 1.29 is 9.90 Å². The van der Waals surface area contributed by atoms with Gasteiger partial charge in [0.2, 0.25) is 0 Å². The summed E-state index contributed by atoms with van der Waals surface area (Å²) in [6.45, 7) is 3.35. The molecule has 2 heterocycles. The van der Waals surface area contributed by atoms with Crippen LogP contribution in [0, 0.1) is 5.92 Å². The molecule has 1 saturated heterocycles. The highest BCUT2D eigenvalue weighted by atomic mass is 16.3. The summed E-state index contributed by atoms with van der Waals surface area (Å²) >= 11 is 0. The average Bonchev–Trinajstić information content (AvgIpc) is 2.85. The maximum absolute atomic E-state index is 13.9. The molecule has 0 spiro atoms. The number of phenols is 1. The standard InChI is InChI=1S/C27H35N3O2/c31-25-13-7-6-12-24(25)29-16-18-30(19-17-29)26(27(32)21-9-2-1-3-10-21)23-15-14-20-8-4-5-11-22(20)28-23/h4-8,11-13,21,23,26,28,31H,1-3,9-10,14-19H2. The van der Waals surface area contributed by atoms with E-state index in [4.69, 9.17) is 0 Å². The van der Waals surface area contributed by atoms with E-state index < -0.39 is 0 Å². The van der Waals surface area contributed by atoms with Crippen molar-refractivity contribution in [1.29, 1.82) is 0 Å². The molecule has 2 unspecified atom stereocenters. The number of aryl methyl sites for hydroxylation is 1. The van der Waals surface area contributed by atoms with Crippen molar-refractivity contribution in [2.75, 3.05) is 36.4 Å². The largest absolute Gasteiger partial charge is 0.506 e. The van der Waals surface area contributed by atoms with Gasteiger partial charge in [0.25, 0.3) is 0 Å². The number of benzene rings is 2. The van der Waals surface area contributed by atoms with E-state index in [1.165, 1.54) is 30.5 Å². The second-order valence-electron chi connectivity index (χ2n) is 9.64. The lowest BCUT2D eigenvalue weighted by Gasteiger charge is -2.45. The predicted molar refractivity (Wildman–Crippen MR) is 129 cm³/mol. The first kappa shape index (κ1) is 21.3. The lowest BCUT2D eigenvalue weighted by atomic mass is 9.80. The van der Waals surface area contributed by atoms with Crippen molar-refractivity contribution in [3.63, 3.8) is 0 Å². The van der Waals surface area contributed by atoms with E-state index in [2.05, 4.69) is 39.4 Å². The zero-order chi connectivity index (χ0) is 21.9. The van der Waals surface area contributed by atoms with Gasteiger partial charge in [-0.1, -0.05) is 49.6 Å². The number of nitrogens with zero attached hydrogens (tertiary/aromatic N) is 2. The Labute approximate surface area is 191 Å². The third kappa shape index (κ3) is 4.36. The Morgan fingerprint density at radius 3 is 2.41 bits per heavy atom. The molecule has 3 aliphatic rings. The van der Waals surface area contributed by atoms with Crippen LogP contribution in [0.15, 0.2) is 48.5 Å². The Bertz CT molecular complexity index is 932. The van der Waals surface area contributed by atoms with E-state index in [0.717, 1.165) is 57.5 Å². The average molecular weight is 434 g/mol. The van der Waals surface area contributed by atoms with Crippen LogP contribution in [0.2, 0.25) is 0 Å². The summed E-state index contributed by atoms with van der Waals surface area (Å²) < 4.78 is 0. The Morgan fingerprint density at radius 1 is 0.906 bits per heavy atom. The lowest BCUT2D eigenvalue weighted by Crippen LogP contribution is -2.60. The highest BCUT2D eigenvalue weighted by Gasteiger charge is 2.40. The molecule has 2 fully saturated rings. The van der Waals surface area contributed by atoms with Crippen LogP contribution in [-0.4, -0.2) is 54.1 Å². The summed E-state index contributed by atoms with van der Waals surface area (Å²) in [7, 11) is 0. The summed E-state index contributed by atoms with van der Waals surface area (Å²) in [5, 5.41) is 14.0. The molecule has 0 bridgehead atoms. The fourth-order valence-corrected chi connectivity index (χ4v) is 5.93. The van der Waals surface area contributed by atoms with E-state index in [1.807, 2.05) is 18.2 Å². The minimum atomic E-state index is -0.0713. The summed E-state index contributed by atoms with van der Waals surface area (Å²) in [5.74, 6) is 1.00. The Balaban J connectivity index is 1.34. The monoisotopic (exact) mass is 433 g/mol. The maximum Gasteiger partial charge on any atom is 0.155 e. The highest BCUT2D eigenvalue weighted by molar-refractivity contribution is 5.88. The summed E-state index contributed by atoms with van der Waals surface area (Å²) in [5.41, 5.74) is 3.45. The third-order valence-electron chi connectivity index (χ3n) is 7.69. The Hall–Kier alpha value is -2.53. The number of anilines is 2. The molecule has 170 valence electrons. The number of para-hydroxylation sites is 3. The van der Waals surface area contributed by atoms with Gasteiger partial charge in [-0.2, -0.15) is 0 Å². The van der Waals surface area contributed by atoms with Gasteiger partial charge in [-0.3, -0.25) is 9.69 Å². The molecule has 0 amide bonds. The van der Waals surface area contributed by atoms with Crippen LogP contribution >= 0.6 is 0 Å². The van der Waals surface area contributed by atoms with Gasteiger partial charge in [0.15, 0.2) is 5.78 Å². The number of aromatic hydroxyl groups is 1. The van der Waals surface area contributed by atoms with Gasteiger partial charge in [0.1, 0.15) is 5.75 Å². The maximum atomic E-state index is 13.9. The van der Waals surface area contributed by atoms with Crippen molar-refractivity contribution in [1.82, 2.24) is 4.90 Å². The van der Waals surface area contributed by atoms with E-state index >= 15 is 0 Å². The van der Waals surface area contributed by atoms with Gasteiger partial charge >= 0.3 is 0 Å². The van der Waals surface area contributed by atoms with E-state index in [-0.39, 0.29) is 18.0 Å². The predicted octanol–water partition coefficient (Wildman–Crippen LogP) is 4.46. The van der Waals surface area contributed by atoms with E-state index in [0.29, 0.717) is 11.5 Å². The second kappa shape index (κ2) is 9.53. The molecule has 2 aromatic carbocycles. The van der Waals surface area contributed by atoms with Crippen LogP contribution < -0.4 is 10.2 Å². The second-order valence-corrected chi connectivity index (χ2v) is 9.64. The van der Waals surface area contributed by atoms with Crippen LogP contribution in [0.1, 0.15) is 44.1 Å². The fraction of sp³-hybridized carbons (Fsp3) is 0.519. The van der Waals surface area contributed by atoms with Gasteiger partial charge in [-0.25, -0.2) is 0 Å². The third-order valence-corrected chi connectivity index (χ3v) is 7.69. The van der Waals surface area contributed by atoms with Crippen molar-refractivity contribution in [2.45, 2.75) is 57.0 Å². The quantitative estimate of drug-likeness (QED) is 0.729. The fourth-order valence-electron chi connectivity index (χ4n) is 5.93. The number of hydrogen-bond donors (Lipinski definition) is 2. The minimum Gasteiger partial charge on any atom is -0.506 e. The number of piperazine rings is 1. The highest BCUT2D eigenvalue weighted by Crippen LogP contribution is 2.33. The van der Waals surface area contributed by atoms with Crippen LogP contribution in [0.4, 0.5) is 11.4 Å². The number of rotatable bonds is 5. The molecule has 2 atom stereocenters. The van der Waals surface area contributed by atoms with Gasteiger partial charge in [-0.05, 0) is 49.4 Å². The SMILES string of the molecule is O=C(C1CCCCC1)C(C1CCc2ccccc2N1)N1CCN(c2ccccc2O)CC1. The van der Waals surface area contributed by atoms with Gasteiger partial charge in [0, 0.05) is 43.8 Å². The smallest absolute Gasteiger partial charge is 0.155 e. The molecule has 5 rings (SSSR count). The molecule has 2 N–H and O–H groups in total. The number of nitrogens with one attached hydrogen (secondary N) is 1. The van der Waals surface area contributed by atoms with E-state index in [9.17, 15) is 9.90 Å².